The van der Waals surface area contributed by atoms with E-state index in [4.69, 9.17) is 5.73 Å². The highest BCUT2D eigenvalue weighted by molar-refractivity contribution is 6.11. The van der Waals surface area contributed by atoms with Crippen LogP contribution in [-0.4, -0.2) is 16.3 Å². The van der Waals surface area contributed by atoms with Crippen LogP contribution >= 0.6 is 0 Å². The van der Waals surface area contributed by atoms with Gasteiger partial charge in [-0.25, -0.2) is 0 Å². The summed E-state index contributed by atoms with van der Waals surface area (Å²) in [4.78, 5) is 0. The van der Waals surface area contributed by atoms with Gasteiger partial charge in [-0.15, -0.1) is 0 Å². The van der Waals surface area contributed by atoms with Crippen molar-refractivity contribution in [2.75, 3.05) is 0 Å². The highest BCUT2D eigenvalue weighted by Crippen LogP contribution is 2.03. The minimum atomic E-state index is 0.465. The quantitative estimate of drug-likeness (QED) is 0.502. The zero-order valence-corrected chi connectivity index (χ0v) is 7.44. The van der Waals surface area contributed by atoms with Gasteiger partial charge in [0.15, 0.2) is 0 Å². The van der Waals surface area contributed by atoms with E-state index in [-0.39, 0.29) is 0 Å². The van der Waals surface area contributed by atoms with Gasteiger partial charge in [-0.2, -0.15) is 0 Å². The van der Waals surface area contributed by atoms with Crippen LogP contribution in [0.5, 0.6) is 0 Å². The molecule has 0 aromatic carbocycles. The molecule has 0 saturated carbocycles. The van der Waals surface area contributed by atoms with Crippen molar-refractivity contribution in [3.63, 3.8) is 0 Å². The Kier molecular flexibility index (Phi) is 3.30. The van der Waals surface area contributed by atoms with Gasteiger partial charge in [0.05, 0.1) is 0 Å². The van der Waals surface area contributed by atoms with Crippen molar-refractivity contribution < 1.29 is 0 Å². The zero-order valence-electron chi connectivity index (χ0n) is 5.44. The van der Waals surface area contributed by atoms with Crippen molar-refractivity contribution in [3.05, 3.63) is 0 Å². The van der Waals surface area contributed by atoms with E-state index < -0.39 is 0 Å². The number of hydrogen-bond donors (Lipinski definition) is 1. The van der Waals surface area contributed by atoms with Crippen molar-refractivity contribution in [1.82, 2.24) is 0 Å². The van der Waals surface area contributed by atoms with Crippen LogP contribution in [0.4, 0.5) is 0 Å². The van der Waals surface area contributed by atoms with E-state index >= 15 is 0 Å². The van der Waals surface area contributed by atoms with Gasteiger partial charge in [0.2, 0.25) is 0 Å². The maximum absolute atomic E-state index is 5.65. The smallest absolute Gasteiger partial charge is 0.00834 e. The molecule has 0 radical (unpaired) electrons. The van der Waals surface area contributed by atoms with Crippen molar-refractivity contribution >= 4 is 10.2 Å². The van der Waals surface area contributed by atoms with Crippen LogP contribution in [0.1, 0.15) is 20.3 Å². The molecule has 44 valence electrons. The predicted molar refractivity (Wildman–Crippen MR) is 37.6 cm³/mol. The van der Waals surface area contributed by atoms with Gasteiger partial charge in [0, 0.05) is 16.3 Å². The summed E-state index contributed by atoms with van der Waals surface area (Å²) in [5.74, 6) is 0. The molecule has 0 saturated heterocycles. The minimum absolute atomic E-state index is 0.465. The topological polar surface area (TPSA) is 26.0 Å². The maximum atomic E-state index is 5.65. The average molecular weight is 117 g/mol. The summed E-state index contributed by atoms with van der Waals surface area (Å²) < 4.78 is 0. The zero-order chi connectivity index (χ0) is 5.86. The Morgan fingerprint density at radius 3 is 2.14 bits per heavy atom. The van der Waals surface area contributed by atoms with Gasteiger partial charge < -0.3 is 5.73 Å². The summed E-state index contributed by atoms with van der Waals surface area (Å²) in [6.07, 6.45) is 1.13. The second kappa shape index (κ2) is 3.21. The fraction of sp³-hybridized carbons (Fsp3) is 1.00. The summed E-state index contributed by atoms with van der Waals surface area (Å²) in [6.45, 7) is 4.35. The molecule has 0 aromatic heterocycles. The Hall–Kier alpha value is 0.177. The molecule has 2 heteroatoms. The molecule has 0 aliphatic carbocycles. The Morgan fingerprint density at radius 2 is 2.14 bits per heavy atom. The third kappa shape index (κ3) is 2.82. The van der Waals surface area contributed by atoms with Gasteiger partial charge in [-0.3, -0.25) is 0 Å². The highest BCUT2D eigenvalue weighted by atomic mass is 28.1. The first-order valence-electron chi connectivity index (χ1n) is 2.94. The second-order valence-electron chi connectivity index (χ2n) is 2.32. The molecule has 0 fully saturated rings. The molecule has 1 nitrogen and oxygen atoms in total. The summed E-state index contributed by atoms with van der Waals surface area (Å²) in [7, 11) is 1.24. The number of rotatable bonds is 2. The Balaban J connectivity index is 3.14. The molecule has 0 aromatic rings. The molecule has 2 atom stereocenters. The van der Waals surface area contributed by atoms with Crippen LogP contribution in [-0.2, 0) is 0 Å². The third-order valence-corrected chi connectivity index (χ3v) is 2.18. The lowest BCUT2D eigenvalue weighted by Crippen LogP contribution is -2.22. The van der Waals surface area contributed by atoms with Crippen LogP contribution in [0, 0.1) is 0 Å². The maximum Gasteiger partial charge on any atom is 0.00834 e. The van der Waals surface area contributed by atoms with E-state index in [1.54, 1.807) is 0 Å². The van der Waals surface area contributed by atoms with Gasteiger partial charge in [-0.05, 0) is 12.0 Å². The van der Waals surface area contributed by atoms with Crippen molar-refractivity contribution in [2.45, 2.75) is 31.9 Å². The molecule has 0 aliphatic rings. The Labute approximate surface area is 48.7 Å². The van der Waals surface area contributed by atoms with E-state index in [1.165, 1.54) is 10.2 Å². The molecular formula is C5H15NSi. The van der Waals surface area contributed by atoms with E-state index in [9.17, 15) is 0 Å². The largest absolute Gasteiger partial charge is 0.328 e. The predicted octanol–water partition coefficient (Wildman–Crippen LogP) is -0.102. The lowest BCUT2D eigenvalue weighted by molar-refractivity contribution is 0.628. The first-order valence-corrected chi connectivity index (χ1v) is 4.09. The third-order valence-electron chi connectivity index (χ3n) is 1.33. The Bertz CT molecular complexity index is 45.3. The fourth-order valence-corrected chi connectivity index (χ4v) is 0.943. The summed E-state index contributed by atoms with van der Waals surface area (Å²) >= 11 is 0. The van der Waals surface area contributed by atoms with E-state index in [0.717, 1.165) is 12.0 Å². The SMILES string of the molecule is CCC(N)C(C)[SiH3]. The Morgan fingerprint density at radius 1 is 1.71 bits per heavy atom. The summed E-state index contributed by atoms with van der Waals surface area (Å²) in [5, 5.41) is 0. The summed E-state index contributed by atoms with van der Waals surface area (Å²) in [6, 6.07) is 0.465. The van der Waals surface area contributed by atoms with Gasteiger partial charge in [-0.1, -0.05) is 13.8 Å². The van der Waals surface area contributed by atoms with Gasteiger partial charge in [0.1, 0.15) is 0 Å². The van der Waals surface area contributed by atoms with Gasteiger partial charge in [0.25, 0.3) is 0 Å². The molecular weight excluding hydrogens is 102 g/mol. The highest BCUT2D eigenvalue weighted by Gasteiger charge is 2.01. The summed E-state index contributed by atoms with van der Waals surface area (Å²) in [5.41, 5.74) is 6.43. The number of nitrogens with two attached hydrogens (primary N) is 1. The van der Waals surface area contributed by atoms with E-state index in [2.05, 4.69) is 13.8 Å². The molecule has 0 spiro atoms. The molecule has 7 heavy (non-hydrogen) atoms. The van der Waals surface area contributed by atoms with Crippen molar-refractivity contribution in [1.29, 1.82) is 0 Å². The van der Waals surface area contributed by atoms with Crippen LogP contribution in [0.3, 0.4) is 0 Å². The van der Waals surface area contributed by atoms with E-state index in [1.807, 2.05) is 0 Å². The van der Waals surface area contributed by atoms with Crippen LogP contribution in [0.25, 0.3) is 0 Å². The van der Waals surface area contributed by atoms with E-state index in [0.29, 0.717) is 6.04 Å². The first-order chi connectivity index (χ1) is 3.18. The lowest BCUT2D eigenvalue weighted by Gasteiger charge is -2.10. The monoisotopic (exact) mass is 117 g/mol. The molecule has 0 aliphatic heterocycles. The second-order valence-corrected chi connectivity index (χ2v) is 4.14. The van der Waals surface area contributed by atoms with Crippen LogP contribution in [0.15, 0.2) is 0 Å². The average Bonchev–Trinajstić information content (AvgIpc) is 1.65. The molecule has 2 unspecified atom stereocenters. The molecule has 0 bridgehead atoms. The molecule has 2 N–H and O–H groups in total. The fourth-order valence-electron chi connectivity index (χ4n) is 0.471. The minimum Gasteiger partial charge on any atom is -0.328 e. The first kappa shape index (κ1) is 7.18. The van der Waals surface area contributed by atoms with Crippen molar-refractivity contribution in [3.8, 4) is 0 Å². The lowest BCUT2D eigenvalue weighted by atomic mass is 10.2. The van der Waals surface area contributed by atoms with Crippen LogP contribution in [0.2, 0.25) is 5.54 Å². The van der Waals surface area contributed by atoms with Gasteiger partial charge >= 0.3 is 0 Å². The molecule has 0 amide bonds. The molecule has 0 rings (SSSR count). The van der Waals surface area contributed by atoms with Crippen LogP contribution < -0.4 is 5.73 Å². The van der Waals surface area contributed by atoms with Crippen molar-refractivity contribution in [2.24, 2.45) is 5.73 Å². The standard InChI is InChI=1S/C5H15NSi/c1-3-5(6)4(2)7/h4-5H,3,6H2,1-2,7H3. The molecule has 0 heterocycles. The normalized spacial score (nSPS) is 19.3. The number of hydrogen-bond acceptors (Lipinski definition) is 1.